The second kappa shape index (κ2) is 4.31. The molecule has 80 valence electrons. The average molecular weight is 208 g/mol. The second-order valence-electron chi connectivity index (χ2n) is 3.13. The van der Waals surface area contributed by atoms with Crippen LogP contribution in [-0.4, -0.2) is 25.8 Å². The molecular weight excluding hydrogens is 196 g/mol. The first kappa shape index (κ1) is 9.98. The standard InChI is InChI=1S/C11H12O4/c1-2-13-6-9(12)8-3-4-10-11(5-8)15-7-14-10/h3-5H,2,6-7H2,1H3. The highest BCUT2D eigenvalue weighted by Crippen LogP contribution is 2.32. The van der Waals surface area contributed by atoms with Gasteiger partial charge in [-0.3, -0.25) is 4.79 Å². The van der Waals surface area contributed by atoms with Crippen molar-refractivity contribution in [1.29, 1.82) is 0 Å². The Morgan fingerprint density at radius 1 is 1.40 bits per heavy atom. The lowest BCUT2D eigenvalue weighted by Crippen LogP contribution is -2.08. The summed E-state index contributed by atoms with van der Waals surface area (Å²) in [6.45, 7) is 2.72. The number of ether oxygens (including phenoxy) is 3. The smallest absolute Gasteiger partial charge is 0.231 e. The second-order valence-corrected chi connectivity index (χ2v) is 3.13. The summed E-state index contributed by atoms with van der Waals surface area (Å²) in [7, 11) is 0. The van der Waals surface area contributed by atoms with Gasteiger partial charge >= 0.3 is 0 Å². The third-order valence-corrected chi connectivity index (χ3v) is 2.13. The highest BCUT2D eigenvalue weighted by molar-refractivity contribution is 5.97. The Bertz CT molecular complexity index is 373. The molecule has 1 aliphatic rings. The van der Waals surface area contributed by atoms with E-state index in [1.54, 1.807) is 18.2 Å². The summed E-state index contributed by atoms with van der Waals surface area (Å²) in [6, 6.07) is 5.14. The summed E-state index contributed by atoms with van der Waals surface area (Å²) in [5, 5.41) is 0. The zero-order chi connectivity index (χ0) is 10.7. The zero-order valence-electron chi connectivity index (χ0n) is 8.49. The van der Waals surface area contributed by atoms with Gasteiger partial charge in [0.15, 0.2) is 17.3 Å². The molecule has 0 radical (unpaired) electrons. The number of Topliss-reactive ketones (excluding diaryl/α,β-unsaturated/α-hetero) is 1. The molecule has 0 N–H and O–H groups in total. The van der Waals surface area contributed by atoms with Crippen molar-refractivity contribution in [2.24, 2.45) is 0 Å². The molecule has 0 saturated carbocycles. The summed E-state index contributed by atoms with van der Waals surface area (Å²) >= 11 is 0. The van der Waals surface area contributed by atoms with Crippen molar-refractivity contribution in [3.63, 3.8) is 0 Å². The molecule has 15 heavy (non-hydrogen) atoms. The molecule has 1 aliphatic heterocycles. The van der Waals surface area contributed by atoms with Gasteiger partial charge in [0.2, 0.25) is 6.79 Å². The van der Waals surface area contributed by atoms with Gasteiger partial charge in [0.05, 0.1) is 0 Å². The quantitative estimate of drug-likeness (QED) is 0.705. The van der Waals surface area contributed by atoms with Gasteiger partial charge in [0.25, 0.3) is 0 Å². The molecule has 4 heteroatoms. The van der Waals surface area contributed by atoms with Crippen molar-refractivity contribution < 1.29 is 19.0 Å². The molecular formula is C11H12O4. The third kappa shape index (κ3) is 2.10. The van der Waals surface area contributed by atoms with Gasteiger partial charge < -0.3 is 14.2 Å². The van der Waals surface area contributed by atoms with E-state index < -0.39 is 0 Å². The van der Waals surface area contributed by atoms with Crippen LogP contribution in [0.25, 0.3) is 0 Å². The third-order valence-electron chi connectivity index (χ3n) is 2.13. The summed E-state index contributed by atoms with van der Waals surface area (Å²) in [5.74, 6) is 1.26. The van der Waals surface area contributed by atoms with Crippen LogP contribution < -0.4 is 9.47 Å². The molecule has 1 heterocycles. The molecule has 0 fully saturated rings. The minimum atomic E-state index is -0.0462. The molecule has 0 bridgehead atoms. The molecule has 0 aliphatic carbocycles. The molecule has 0 spiro atoms. The van der Waals surface area contributed by atoms with Crippen LogP contribution in [0.4, 0.5) is 0 Å². The minimum absolute atomic E-state index is 0.0462. The minimum Gasteiger partial charge on any atom is -0.454 e. The van der Waals surface area contributed by atoms with E-state index in [2.05, 4.69) is 0 Å². The molecule has 0 unspecified atom stereocenters. The summed E-state index contributed by atoms with van der Waals surface area (Å²) < 4.78 is 15.4. The van der Waals surface area contributed by atoms with E-state index in [9.17, 15) is 4.79 Å². The lowest BCUT2D eigenvalue weighted by Gasteiger charge is -2.02. The lowest BCUT2D eigenvalue weighted by atomic mass is 10.1. The largest absolute Gasteiger partial charge is 0.454 e. The van der Waals surface area contributed by atoms with Crippen molar-refractivity contribution >= 4 is 5.78 Å². The van der Waals surface area contributed by atoms with Crippen LogP contribution in [0.3, 0.4) is 0 Å². The van der Waals surface area contributed by atoms with Crippen molar-refractivity contribution in [3.05, 3.63) is 23.8 Å². The van der Waals surface area contributed by atoms with Gasteiger partial charge in [-0.15, -0.1) is 0 Å². The fraction of sp³-hybridized carbons (Fsp3) is 0.364. The Morgan fingerprint density at radius 2 is 2.20 bits per heavy atom. The van der Waals surface area contributed by atoms with E-state index in [-0.39, 0.29) is 19.2 Å². The van der Waals surface area contributed by atoms with Gasteiger partial charge in [-0.25, -0.2) is 0 Å². The maximum absolute atomic E-state index is 11.6. The summed E-state index contributed by atoms with van der Waals surface area (Å²) in [4.78, 5) is 11.6. The molecule has 0 saturated heterocycles. The van der Waals surface area contributed by atoms with Gasteiger partial charge in [0, 0.05) is 12.2 Å². The van der Waals surface area contributed by atoms with Crippen LogP contribution in [0, 0.1) is 0 Å². The van der Waals surface area contributed by atoms with Gasteiger partial charge in [-0.2, -0.15) is 0 Å². The monoisotopic (exact) mass is 208 g/mol. The molecule has 4 nitrogen and oxygen atoms in total. The zero-order valence-corrected chi connectivity index (χ0v) is 8.49. The number of carbonyl (C=O) groups excluding carboxylic acids is 1. The van der Waals surface area contributed by atoms with Gasteiger partial charge in [-0.05, 0) is 25.1 Å². The van der Waals surface area contributed by atoms with Gasteiger partial charge in [0.1, 0.15) is 6.61 Å². The van der Waals surface area contributed by atoms with Crippen molar-refractivity contribution in [2.45, 2.75) is 6.92 Å². The van der Waals surface area contributed by atoms with Crippen LogP contribution in [-0.2, 0) is 4.74 Å². The molecule has 2 rings (SSSR count). The van der Waals surface area contributed by atoms with Crippen LogP contribution in [0.15, 0.2) is 18.2 Å². The molecule has 0 aromatic heterocycles. The van der Waals surface area contributed by atoms with Crippen LogP contribution in [0.2, 0.25) is 0 Å². The van der Waals surface area contributed by atoms with Crippen LogP contribution >= 0.6 is 0 Å². The Labute approximate surface area is 87.8 Å². The van der Waals surface area contributed by atoms with Crippen molar-refractivity contribution in [2.75, 3.05) is 20.0 Å². The SMILES string of the molecule is CCOCC(=O)c1ccc2c(c1)OCO2. The molecule has 0 atom stereocenters. The predicted molar refractivity (Wildman–Crippen MR) is 53.4 cm³/mol. The topological polar surface area (TPSA) is 44.8 Å². The number of benzene rings is 1. The van der Waals surface area contributed by atoms with E-state index >= 15 is 0 Å². The maximum atomic E-state index is 11.6. The van der Waals surface area contributed by atoms with E-state index in [4.69, 9.17) is 14.2 Å². The number of rotatable bonds is 4. The van der Waals surface area contributed by atoms with Crippen LogP contribution in [0.1, 0.15) is 17.3 Å². The van der Waals surface area contributed by atoms with E-state index in [1.807, 2.05) is 6.92 Å². The first-order valence-electron chi connectivity index (χ1n) is 4.82. The van der Waals surface area contributed by atoms with E-state index in [0.29, 0.717) is 23.7 Å². The van der Waals surface area contributed by atoms with E-state index in [1.165, 1.54) is 0 Å². The average Bonchev–Trinajstić information content (AvgIpc) is 2.72. The number of hydrogen-bond donors (Lipinski definition) is 0. The number of hydrogen-bond acceptors (Lipinski definition) is 4. The fourth-order valence-corrected chi connectivity index (χ4v) is 1.35. The Kier molecular flexibility index (Phi) is 2.87. The Morgan fingerprint density at radius 3 is 3.00 bits per heavy atom. The normalized spacial score (nSPS) is 12.9. The Hall–Kier alpha value is -1.55. The number of carbonyl (C=O) groups is 1. The molecule has 0 amide bonds. The van der Waals surface area contributed by atoms with Crippen LogP contribution in [0.5, 0.6) is 11.5 Å². The Balaban J connectivity index is 2.12. The summed E-state index contributed by atoms with van der Waals surface area (Å²) in [6.07, 6.45) is 0. The summed E-state index contributed by atoms with van der Waals surface area (Å²) in [5.41, 5.74) is 0.590. The number of fused-ring (bicyclic) bond motifs is 1. The first-order valence-corrected chi connectivity index (χ1v) is 4.82. The lowest BCUT2D eigenvalue weighted by molar-refractivity contribution is 0.0783. The molecule has 1 aromatic carbocycles. The maximum Gasteiger partial charge on any atom is 0.231 e. The first-order chi connectivity index (χ1) is 7.31. The fourth-order valence-electron chi connectivity index (χ4n) is 1.35. The predicted octanol–water partition coefficient (Wildman–Crippen LogP) is 1.63. The van der Waals surface area contributed by atoms with Crippen molar-refractivity contribution in [1.82, 2.24) is 0 Å². The van der Waals surface area contributed by atoms with E-state index in [0.717, 1.165) is 0 Å². The number of ketones is 1. The highest BCUT2D eigenvalue weighted by atomic mass is 16.7. The molecule has 1 aromatic rings. The van der Waals surface area contributed by atoms with Crippen molar-refractivity contribution in [3.8, 4) is 11.5 Å². The van der Waals surface area contributed by atoms with Gasteiger partial charge in [-0.1, -0.05) is 0 Å². The highest BCUT2D eigenvalue weighted by Gasteiger charge is 2.15.